The van der Waals surface area contributed by atoms with Gasteiger partial charge in [-0.25, -0.2) is 0 Å². The van der Waals surface area contributed by atoms with E-state index in [0.717, 1.165) is 24.6 Å². The summed E-state index contributed by atoms with van der Waals surface area (Å²) in [4.78, 5) is 2.26. The summed E-state index contributed by atoms with van der Waals surface area (Å²) in [6, 6.07) is 4.32. The number of nitrogens with zero attached hydrogens (tertiary/aromatic N) is 1. The van der Waals surface area contributed by atoms with Crippen molar-refractivity contribution in [1.82, 2.24) is 4.90 Å². The quantitative estimate of drug-likeness (QED) is 0.864. The SMILES string of the molecule is Cc1cc(C)c(C(O)CN(C)CC2CC2)c(C)c1. The molecule has 0 aromatic heterocycles. The van der Waals surface area contributed by atoms with Gasteiger partial charge in [0, 0.05) is 13.1 Å². The fraction of sp³-hybridized carbons (Fsp3) is 0.625. The maximum Gasteiger partial charge on any atom is 0.0921 e. The highest BCUT2D eigenvalue weighted by Gasteiger charge is 2.24. The van der Waals surface area contributed by atoms with E-state index in [1.807, 2.05) is 0 Å². The number of hydrogen-bond donors (Lipinski definition) is 1. The van der Waals surface area contributed by atoms with Crippen LogP contribution in [0.15, 0.2) is 12.1 Å². The van der Waals surface area contributed by atoms with Crippen molar-refractivity contribution in [1.29, 1.82) is 0 Å². The predicted molar refractivity (Wildman–Crippen MR) is 75.8 cm³/mol. The lowest BCUT2D eigenvalue weighted by atomic mass is 9.95. The minimum absolute atomic E-state index is 0.366. The van der Waals surface area contributed by atoms with Crippen LogP contribution in [0.25, 0.3) is 0 Å². The van der Waals surface area contributed by atoms with Crippen molar-refractivity contribution in [2.24, 2.45) is 5.92 Å². The number of aliphatic hydroxyl groups excluding tert-OH is 1. The average molecular weight is 247 g/mol. The molecule has 1 aliphatic rings. The molecular formula is C16H25NO. The second-order valence-corrected chi connectivity index (χ2v) is 5.99. The minimum Gasteiger partial charge on any atom is -0.387 e. The molecule has 0 bridgehead atoms. The number of aliphatic hydroxyl groups is 1. The Bertz CT molecular complexity index is 400. The van der Waals surface area contributed by atoms with Crippen LogP contribution in [0.4, 0.5) is 0 Å². The third kappa shape index (κ3) is 3.33. The molecule has 18 heavy (non-hydrogen) atoms. The number of likely N-dealkylation sites (N-methyl/N-ethyl adjacent to an activating group) is 1. The molecule has 0 heterocycles. The molecule has 2 nitrogen and oxygen atoms in total. The fourth-order valence-electron chi connectivity index (χ4n) is 2.92. The van der Waals surface area contributed by atoms with Crippen LogP contribution in [0, 0.1) is 26.7 Å². The van der Waals surface area contributed by atoms with Crippen LogP contribution in [-0.4, -0.2) is 30.1 Å². The van der Waals surface area contributed by atoms with Gasteiger partial charge < -0.3 is 10.0 Å². The van der Waals surface area contributed by atoms with E-state index in [1.54, 1.807) is 0 Å². The molecule has 1 unspecified atom stereocenters. The van der Waals surface area contributed by atoms with Crippen LogP contribution >= 0.6 is 0 Å². The van der Waals surface area contributed by atoms with E-state index < -0.39 is 0 Å². The molecule has 1 aromatic carbocycles. The van der Waals surface area contributed by atoms with Gasteiger partial charge in [0.1, 0.15) is 0 Å². The molecule has 2 rings (SSSR count). The number of rotatable bonds is 5. The van der Waals surface area contributed by atoms with Gasteiger partial charge in [0.2, 0.25) is 0 Å². The molecule has 1 fully saturated rings. The van der Waals surface area contributed by atoms with Crippen LogP contribution in [0.5, 0.6) is 0 Å². The molecule has 0 saturated heterocycles. The molecule has 0 amide bonds. The van der Waals surface area contributed by atoms with E-state index >= 15 is 0 Å². The minimum atomic E-state index is -0.366. The van der Waals surface area contributed by atoms with Crippen molar-refractivity contribution in [3.63, 3.8) is 0 Å². The summed E-state index contributed by atoms with van der Waals surface area (Å²) < 4.78 is 0. The van der Waals surface area contributed by atoms with Crippen molar-refractivity contribution >= 4 is 0 Å². The molecule has 1 N–H and O–H groups in total. The standard InChI is InChI=1S/C16H25NO/c1-11-7-12(2)16(13(3)8-11)15(18)10-17(4)9-14-5-6-14/h7-8,14-15,18H,5-6,9-10H2,1-4H3. The highest BCUT2D eigenvalue weighted by molar-refractivity contribution is 5.39. The first kappa shape index (κ1) is 13.6. The van der Waals surface area contributed by atoms with Crippen LogP contribution in [-0.2, 0) is 0 Å². The summed E-state index contributed by atoms with van der Waals surface area (Å²) >= 11 is 0. The Morgan fingerprint density at radius 2 is 1.78 bits per heavy atom. The summed E-state index contributed by atoms with van der Waals surface area (Å²) in [6.07, 6.45) is 2.36. The molecular weight excluding hydrogens is 222 g/mol. The molecule has 0 aliphatic heterocycles. The zero-order valence-electron chi connectivity index (χ0n) is 12.0. The van der Waals surface area contributed by atoms with E-state index in [-0.39, 0.29) is 6.10 Å². The maximum atomic E-state index is 10.4. The van der Waals surface area contributed by atoms with E-state index in [2.05, 4.69) is 44.9 Å². The van der Waals surface area contributed by atoms with E-state index in [1.165, 1.54) is 29.5 Å². The number of aryl methyl sites for hydroxylation is 3. The topological polar surface area (TPSA) is 23.5 Å². The zero-order valence-corrected chi connectivity index (χ0v) is 12.0. The highest BCUT2D eigenvalue weighted by Crippen LogP contribution is 2.30. The van der Waals surface area contributed by atoms with Gasteiger partial charge in [-0.1, -0.05) is 17.7 Å². The molecule has 2 heteroatoms. The van der Waals surface area contributed by atoms with Gasteiger partial charge >= 0.3 is 0 Å². The molecule has 0 spiro atoms. The monoisotopic (exact) mass is 247 g/mol. The first-order valence-electron chi connectivity index (χ1n) is 6.91. The van der Waals surface area contributed by atoms with E-state index in [0.29, 0.717) is 0 Å². The summed E-state index contributed by atoms with van der Waals surface area (Å²) in [6.45, 7) is 8.16. The van der Waals surface area contributed by atoms with Crippen molar-refractivity contribution in [3.8, 4) is 0 Å². The Kier molecular flexibility index (Phi) is 4.08. The normalized spacial score (nSPS) is 17.2. The van der Waals surface area contributed by atoms with Gasteiger partial charge in [0.15, 0.2) is 0 Å². The first-order valence-corrected chi connectivity index (χ1v) is 6.91. The van der Waals surface area contributed by atoms with E-state index in [4.69, 9.17) is 0 Å². The van der Waals surface area contributed by atoms with Crippen LogP contribution in [0.2, 0.25) is 0 Å². The zero-order chi connectivity index (χ0) is 13.3. The van der Waals surface area contributed by atoms with Crippen LogP contribution < -0.4 is 0 Å². The van der Waals surface area contributed by atoms with Gasteiger partial charge in [0.05, 0.1) is 6.10 Å². The first-order chi connectivity index (χ1) is 8.47. The second-order valence-electron chi connectivity index (χ2n) is 5.99. The maximum absolute atomic E-state index is 10.4. The summed E-state index contributed by atoms with van der Waals surface area (Å²) in [5.41, 5.74) is 4.80. The van der Waals surface area contributed by atoms with Gasteiger partial charge in [-0.2, -0.15) is 0 Å². The highest BCUT2D eigenvalue weighted by atomic mass is 16.3. The molecule has 1 aliphatic carbocycles. The summed E-state index contributed by atoms with van der Waals surface area (Å²) in [5, 5.41) is 10.4. The van der Waals surface area contributed by atoms with Gasteiger partial charge in [-0.3, -0.25) is 0 Å². The Morgan fingerprint density at radius 3 is 2.28 bits per heavy atom. The average Bonchev–Trinajstić information content (AvgIpc) is 2.98. The predicted octanol–water partition coefficient (Wildman–Crippen LogP) is 2.99. The summed E-state index contributed by atoms with van der Waals surface area (Å²) in [7, 11) is 2.11. The Balaban J connectivity index is 2.05. The molecule has 100 valence electrons. The van der Waals surface area contributed by atoms with Crippen molar-refractivity contribution < 1.29 is 5.11 Å². The van der Waals surface area contributed by atoms with Crippen molar-refractivity contribution in [2.75, 3.05) is 20.1 Å². The lowest BCUT2D eigenvalue weighted by molar-refractivity contribution is 0.123. The smallest absolute Gasteiger partial charge is 0.0921 e. The second kappa shape index (κ2) is 5.41. The third-order valence-electron chi connectivity index (χ3n) is 3.82. The Hall–Kier alpha value is -0.860. The number of benzene rings is 1. The summed E-state index contributed by atoms with van der Waals surface area (Å²) in [5.74, 6) is 0.877. The van der Waals surface area contributed by atoms with Crippen LogP contribution in [0.3, 0.4) is 0 Å². The number of hydrogen-bond acceptors (Lipinski definition) is 2. The van der Waals surface area contributed by atoms with Crippen molar-refractivity contribution in [2.45, 2.75) is 39.7 Å². The molecule has 1 atom stereocenters. The van der Waals surface area contributed by atoms with Gasteiger partial charge in [0.25, 0.3) is 0 Å². The lowest BCUT2D eigenvalue weighted by Crippen LogP contribution is -2.27. The molecule has 0 radical (unpaired) electrons. The molecule has 1 aromatic rings. The Morgan fingerprint density at radius 1 is 1.22 bits per heavy atom. The largest absolute Gasteiger partial charge is 0.387 e. The Labute approximate surface area is 111 Å². The molecule has 1 saturated carbocycles. The van der Waals surface area contributed by atoms with Gasteiger partial charge in [-0.15, -0.1) is 0 Å². The lowest BCUT2D eigenvalue weighted by Gasteiger charge is -2.23. The fourth-order valence-corrected chi connectivity index (χ4v) is 2.92. The van der Waals surface area contributed by atoms with Crippen molar-refractivity contribution in [3.05, 3.63) is 34.4 Å². The van der Waals surface area contributed by atoms with E-state index in [9.17, 15) is 5.11 Å². The van der Waals surface area contributed by atoms with Crippen LogP contribution in [0.1, 0.15) is 41.2 Å². The third-order valence-corrected chi connectivity index (χ3v) is 3.82. The van der Waals surface area contributed by atoms with Gasteiger partial charge in [-0.05, 0) is 63.3 Å².